The average Bonchev–Trinajstić information content (AvgIpc) is 2.61. The number of primary amides is 1. The first-order chi connectivity index (χ1) is 7.54. The lowest BCUT2D eigenvalue weighted by Gasteiger charge is -1.89. The Morgan fingerprint density at radius 2 is 2.19 bits per heavy atom. The first-order valence-electron chi connectivity index (χ1n) is 4.31. The number of aromatic hydroxyl groups is 1. The number of amides is 1. The second kappa shape index (κ2) is 4.87. The molecule has 0 fully saturated rings. The lowest BCUT2D eigenvalue weighted by atomic mass is 10.3. The van der Waals surface area contributed by atoms with Gasteiger partial charge in [0.05, 0.1) is 12.6 Å². The summed E-state index contributed by atoms with van der Waals surface area (Å²) in [6.45, 7) is 0. The molecule has 1 aromatic heterocycles. The fraction of sp³-hybridized carbons (Fsp3) is 0.111. The van der Waals surface area contributed by atoms with Crippen molar-refractivity contribution in [1.82, 2.24) is 9.97 Å². The molecular weight excluding hydrogens is 212 g/mol. The number of ether oxygens (including phenoxy) is 1. The predicted octanol–water partition coefficient (Wildman–Crippen LogP) is 0.562. The van der Waals surface area contributed by atoms with Crippen molar-refractivity contribution in [1.29, 1.82) is 0 Å². The summed E-state index contributed by atoms with van der Waals surface area (Å²) in [4.78, 5) is 16.1. The van der Waals surface area contributed by atoms with Gasteiger partial charge in [-0.25, -0.2) is 9.78 Å². The molecule has 0 aliphatic carbocycles. The number of rotatable bonds is 0. The Balaban J connectivity index is 0.000000221. The number of carbonyl (C=O) groups is 1. The molecule has 0 saturated heterocycles. The van der Waals surface area contributed by atoms with Gasteiger partial charge in [-0.2, -0.15) is 0 Å². The van der Waals surface area contributed by atoms with Crippen LogP contribution >= 0.6 is 0 Å². The van der Waals surface area contributed by atoms with Crippen molar-refractivity contribution >= 4 is 23.1 Å². The van der Waals surface area contributed by atoms with Crippen LogP contribution in [0.3, 0.4) is 0 Å². The minimum Gasteiger partial charge on any atom is -0.506 e. The lowest BCUT2D eigenvalue weighted by molar-refractivity contribution is 0.182. The highest BCUT2D eigenvalue weighted by molar-refractivity contribution is 5.82. The van der Waals surface area contributed by atoms with E-state index in [0.717, 1.165) is 5.52 Å². The number of H-pyrrole nitrogens is 1. The molecular formula is C9H12N4O3. The highest BCUT2D eigenvalue weighted by Crippen LogP contribution is 2.21. The van der Waals surface area contributed by atoms with Crippen LogP contribution in [0.2, 0.25) is 0 Å². The first-order valence-corrected chi connectivity index (χ1v) is 4.31. The maximum Gasteiger partial charge on any atom is 0.404 e. The van der Waals surface area contributed by atoms with Crippen LogP contribution in [0.1, 0.15) is 0 Å². The van der Waals surface area contributed by atoms with Crippen molar-refractivity contribution in [3.05, 3.63) is 18.2 Å². The number of carbonyl (C=O) groups excluding carboxylic acids is 1. The Kier molecular flexibility index (Phi) is 3.54. The summed E-state index contributed by atoms with van der Waals surface area (Å²) in [5.74, 6) is 0.469. The van der Waals surface area contributed by atoms with Crippen LogP contribution in [0.5, 0.6) is 5.75 Å². The molecule has 0 aliphatic rings. The van der Waals surface area contributed by atoms with E-state index in [1.54, 1.807) is 18.2 Å². The third-order valence-corrected chi connectivity index (χ3v) is 1.71. The van der Waals surface area contributed by atoms with E-state index in [4.69, 9.17) is 5.73 Å². The number of hydrogen-bond donors (Lipinski definition) is 4. The second-order valence-electron chi connectivity index (χ2n) is 2.82. The number of phenols is 1. The molecule has 2 rings (SSSR count). The fourth-order valence-corrected chi connectivity index (χ4v) is 1.04. The van der Waals surface area contributed by atoms with Gasteiger partial charge in [-0.05, 0) is 12.1 Å². The Hall–Kier alpha value is -2.44. The molecule has 0 spiro atoms. The first kappa shape index (κ1) is 11.6. The van der Waals surface area contributed by atoms with Crippen molar-refractivity contribution < 1.29 is 14.6 Å². The number of nitrogens with zero attached hydrogens (tertiary/aromatic N) is 1. The number of aromatic amines is 1. The summed E-state index contributed by atoms with van der Waals surface area (Å²) in [7, 11) is 1.22. The number of imidazole rings is 1. The molecule has 1 amide bonds. The third-order valence-electron chi connectivity index (χ3n) is 1.71. The van der Waals surface area contributed by atoms with Gasteiger partial charge in [-0.1, -0.05) is 6.07 Å². The topological polar surface area (TPSA) is 127 Å². The van der Waals surface area contributed by atoms with Gasteiger partial charge in [0.2, 0.25) is 0 Å². The number of anilines is 1. The molecule has 0 bridgehead atoms. The molecule has 7 nitrogen and oxygen atoms in total. The van der Waals surface area contributed by atoms with E-state index in [9.17, 15) is 9.90 Å². The summed E-state index contributed by atoms with van der Waals surface area (Å²) in [5.41, 5.74) is 11.1. The number of methoxy groups -OCH3 is 1. The smallest absolute Gasteiger partial charge is 0.404 e. The maximum absolute atomic E-state index is 9.37. The van der Waals surface area contributed by atoms with E-state index < -0.39 is 6.09 Å². The minimum absolute atomic E-state index is 0.149. The summed E-state index contributed by atoms with van der Waals surface area (Å²) >= 11 is 0. The number of aromatic nitrogens is 2. The monoisotopic (exact) mass is 224 g/mol. The average molecular weight is 224 g/mol. The largest absolute Gasteiger partial charge is 0.506 e. The highest BCUT2D eigenvalue weighted by Gasteiger charge is 2.02. The zero-order chi connectivity index (χ0) is 12.1. The van der Waals surface area contributed by atoms with Crippen LogP contribution in [0, 0.1) is 0 Å². The van der Waals surface area contributed by atoms with Crippen LogP contribution in [0.4, 0.5) is 10.7 Å². The molecule has 0 atom stereocenters. The number of benzene rings is 1. The lowest BCUT2D eigenvalue weighted by Crippen LogP contribution is -2.08. The van der Waals surface area contributed by atoms with E-state index >= 15 is 0 Å². The van der Waals surface area contributed by atoms with E-state index in [1.165, 1.54) is 7.11 Å². The molecule has 1 heterocycles. The Morgan fingerprint density at radius 3 is 2.69 bits per heavy atom. The van der Waals surface area contributed by atoms with Crippen LogP contribution in [0.15, 0.2) is 18.2 Å². The number of hydrogen-bond acceptors (Lipinski definition) is 5. The van der Waals surface area contributed by atoms with Gasteiger partial charge in [-0.3, -0.25) is 0 Å². The number of nitrogen functional groups attached to an aromatic ring is 1. The standard InChI is InChI=1S/C7H7N3O.C2H5NO2/c8-7-9-4-2-1-3-5(11)6(4)10-7;1-5-2(3)4/h1-3,11H,(H3,8,9,10);1H3,(H2,3,4). The zero-order valence-corrected chi connectivity index (χ0v) is 8.60. The summed E-state index contributed by atoms with van der Waals surface area (Å²) in [6, 6.07) is 5.11. The molecule has 0 unspecified atom stereocenters. The summed E-state index contributed by atoms with van der Waals surface area (Å²) in [6.07, 6.45) is -0.745. The van der Waals surface area contributed by atoms with Gasteiger partial charge >= 0.3 is 6.09 Å². The SMILES string of the molecule is COC(N)=O.Nc1nc2c(O)cccc2[nH]1. The van der Waals surface area contributed by atoms with Crippen molar-refractivity contribution in [3.63, 3.8) is 0 Å². The van der Waals surface area contributed by atoms with Crippen LogP contribution < -0.4 is 11.5 Å². The molecule has 7 heteroatoms. The van der Waals surface area contributed by atoms with Crippen molar-refractivity contribution in [2.24, 2.45) is 5.73 Å². The van der Waals surface area contributed by atoms with Crippen molar-refractivity contribution in [2.45, 2.75) is 0 Å². The molecule has 16 heavy (non-hydrogen) atoms. The normalized spacial score (nSPS) is 9.31. The Bertz CT molecular complexity index is 494. The number of nitrogens with two attached hydrogens (primary N) is 2. The van der Waals surface area contributed by atoms with E-state index in [1.807, 2.05) is 0 Å². The zero-order valence-electron chi connectivity index (χ0n) is 8.60. The van der Waals surface area contributed by atoms with Crippen LogP contribution in [0.25, 0.3) is 11.0 Å². The van der Waals surface area contributed by atoms with Gasteiger partial charge in [-0.15, -0.1) is 0 Å². The van der Waals surface area contributed by atoms with Crippen LogP contribution in [-0.4, -0.2) is 28.3 Å². The Morgan fingerprint density at radius 1 is 1.56 bits per heavy atom. The predicted molar refractivity (Wildman–Crippen MR) is 58.8 cm³/mol. The molecule has 0 aliphatic heterocycles. The number of nitrogens with one attached hydrogen (secondary N) is 1. The molecule has 86 valence electrons. The highest BCUT2D eigenvalue weighted by atomic mass is 16.5. The van der Waals surface area contributed by atoms with E-state index in [-0.39, 0.29) is 5.75 Å². The fourth-order valence-electron chi connectivity index (χ4n) is 1.04. The van der Waals surface area contributed by atoms with Gasteiger partial charge in [0.1, 0.15) is 11.3 Å². The third kappa shape index (κ3) is 2.77. The molecule has 0 saturated carbocycles. The van der Waals surface area contributed by atoms with E-state index in [2.05, 4.69) is 20.4 Å². The van der Waals surface area contributed by atoms with Gasteiger partial charge in [0.25, 0.3) is 0 Å². The number of fused-ring (bicyclic) bond motifs is 1. The quantitative estimate of drug-likeness (QED) is 0.520. The minimum atomic E-state index is -0.745. The number of phenolic OH excluding ortho intramolecular Hbond substituents is 1. The van der Waals surface area contributed by atoms with Gasteiger partial charge in [0, 0.05) is 0 Å². The van der Waals surface area contributed by atoms with Crippen molar-refractivity contribution in [3.8, 4) is 5.75 Å². The number of para-hydroxylation sites is 1. The summed E-state index contributed by atoms with van der Waals surface area (Å²) < 4.78 is 3.89. The van der Waals surface area contributed by atoms with E-state index in [0.29, 0.717) is 11.5 Å². The second-order valence-corrected chi connectivity index (χ2v) is 2.82. The molecule has 2 aromatic rings. The summed E-state index contributed by atoms with van der Waals surface area (Å²) in [5, 5.41) is 9.25. The molecule has 1 aromatic carbocycles. The van der Waals surface area contributed by atoms with Gasteiger partial charge in [0.15, 0.2) is 5.95 Å². The maximum atomic E-state index is 9.37. The van der Waals surface area contributed by atoms with Gasteiger partial charge < -0.3 is 26.3 Å². The molecule has 0 radical (unpaired) electrons. The Labute approximate surface area is 91.0 Å². The molecule has 6 N–H and O–H groups in total. The van der Waals surface area contributed by atoms with Crippen LogP contribution in [-0.2, 0) is 4.74 Å². The van der Waals surface area contributed by atoms with Crippen molar-refractivity contribution in [2.75, 3.05) is 12.8 Å².